The Morgan fingerprint density at radius 1 is 1.12 bits per heavy atom. The number of pyridine rings is 1. The molecule has 130 valence electrons. The summed E-state index contributed by atoms with van der Waals surface area (Å²) in [5.74, 6) is 0.635. The topological polar surface area (TPSA) is 88.3 Å². The Balaban J connectivity index is 1.89. The first-order valence-corrected chi connectivity index (χ1v) is 9.14. The molecule has 2 aromatic carbocycles. The van der Waals surface area contributed by atoms with Crippen molar-refractivity contribution in [2.75, 3.05) is 7.11 Å². The first-order chi connectivity index (χ1) is 11.9. The number of benzene rings is 2. The summed E-state index contributed by atoms with van der Waals surface area (Å²) in [5, 5.41) is 0.797. The smallest absolute Gasteiger partial charge is 0.252 e. The van der Waals surface area contributed by atoms with Crippen LogP contribution in [0.15, 0.2) is 58.2 Å². The third kappa shape index (κ3) is 3.57. The van der Waals surface area contributed by atoms with E-state index in [1.807, 2.05) is 6.07 Å². The summed E-state index contributed by atoms with van der Waals surface area (Å²) >= 11 is 0. The van der Waals surface area contributed by atoms with Gasteiger partial charge in [0.05, 0.1) is 17.5 Å². The third-order valence-electron chi connectivity index (χ3n) is 3.97. The Kier molecular flexibility index (Phi) is 4.61. The SMILES string of the molecule is COc1ccc2cc(CNS(=O)(=O)c3ccccc3C)c(=O)[nH]c2c1. The van der Waals surface area contributed by atoms with Crippen LogP contribution in [-0.2, 0) is 16.6 Å². The molecule has 0 unspecified atom stereocenters. The summed E-state index contributed by atoms with van der Waals surface area (Å²) in [6.07, 6.45) is 0. The molecule has 0 bridgehead atoms. The third-order valence-corrected chi connectivity index (χ3v) is 5.53. The van der Waals surface area contributed by atoms with Crippen LogP contribution in [-0.4, -0.2) is 20.5 Å². The van der Waals surface area contributed by atoms with E-state index in [2.05, 4.69) is 9.71 Å². The fourth-order valence-electron chi connectivity index (χ4n) is 2.59. The van der Waals surface area contributed by atoms with Crippen LogP contribution in [0, 0.1) is 6.92 Å². The highest BCUT2D eigenvalue weighted by molar-refractivity contribution is 7.89. The van der Waals surface area contributed by atoms with Crippen molar-refractivity contribution < 1.29 is 13.2 Å². The summed E-state index contributed by atoms with van der Waals surface area (Å²) in [6, 6.07) is 13.7. The first kappa shape index (κ1) is 17.2. The second kappa shape index (κ2) is 6.70. The molecule has 3 aromatic rings. The highest BCUT2D eigenvalue weighted by Gasteiger charge is 2.16. The van der Waals surface area contributed by atoms with E-state index >= 15 is 0 Å². The molecule has 0 fully saturated rings. The summed E-state index contributed by atoms with van der Waals surface area (Å²) in [5.41, 5.74) is 1.28. The van der Waals surface area contributed by atoms with E-state index < -0.39 is 10.0 Å². The molecule has 0 radical (unpaired) electrons. The zero-order valence-corrected chi connectivity index (χ0v) is 14.7. The second-order valence-corrected chi connectivity index (χ2v) is 7.40. The molecule has 0 amide bonds. The molecule has 25 heavy (non-hydrogen) atoms. The molecule has 3 rings (SSSR count). The number of rotatable bonds is 5. The van der Waals surface area contributed by atoms with E-state index in [9.17, 15) is 13.2 Å². The molecule has 0 atom stereocenters. The number of hydrogen-bond acceptors (Lipinski definition) is 4. The van der Waals surface area contributed by atoms with Gasteiger partial charge in [-0.3, -0.25) is 4.79 Å². The maximum Gasteiger partial charge on any atom is 0.252 e. The Morgan fingerprint density at radius 2 is 1.88 bits per heavy atom. The number of aryl methyl sites for hydroxylation is 1. The Morgan fingerprint density at radius 3 is 2.60 bits per heavy atom. The monoisotopic (exact) mass is 358 g/mol. The predicted octanol–water partition coefficient (Wildman–Crippen LogP) is 2.32. The Hall–Kier alpha value is -2.64. The van der Waals surface area contributed by atoms with Crippen molar-refractivity contribution in [2.24, 2.45) is 0 Å². The van der Waals surface area contributed by atoms with E-state index in [0.717, 1.165) is 5.39 Å². The van der Waals surface area contributed by atoms with Crippen molar-refractivity contribution in [3.63, 3.8) is 0 Å². The van der Waals surface area contributed by atoms with Crippen LogP contribution in [0.1, 0.15) is 11.1 Å². The molecular weight excluding hydrogens is 340 g/mol. The molecule has 1 aromatic heterocycles. The average Bonchev–Trinajstić information content (AvgIpc) is 2.59. The molecule has 0 spiro atoms. The normalized spacial score (nSPS) is 11.6. The molecular formula is C18H18N2O4S. The molecule has 7 heteroatoms. The lowest BCUT2D eigenvalue weighted by molar-refractivity contribution is 0.415. The standard InChI is InChI=1S/C18H18N2O4S/c1-12-5-3-4-6-17(12)25(22,23)19-11-14-9-13-7-8-15(24-2)10-16(13)20-18(14)21/h3-10,19H,11H2,1-2H3,(H,20,21). The van der Waals surface area contributed by atoms with Gasteiger partial charge in [0.2, 0.25) is 10.0 Å². The summed E-state index contributed by atoms with van der Waals surface area (Å²) in [4.78, 5) is 15.2. The van der Waals surface area contributed by atoms with Gasteiger partial charge >= 0.3 is 0 Å². The first-order valence-electron chi connectivity index (χ1n) is 7.66. The van der Waals surface area contributed by atoms with Crippen molar-refractivity contribution in [1.82, 2.24) is 9.71 Å². The minimum absolute atomic E-state index is 0.0893. The molecule has 0 saturated carbocycles. The zero-order valence-electron chi connectivity index (χ0n) is 13.9. The number of aromatic nitrogens is 1. The van der Waals surface area contributed by atoms with Crippen molar-refractivity contribution in [3.05, 3.63) is 70.0 Å². The van der Waals surface area contributed by atoms with Gasteiger partial charge in [0, 0.05) is 18.2 Å². The second-order valence-electron chi connectivity index (χ2n) is 5.67. The molecule has 0 aliphatic heterocycles. The maximum absolute atomic E-state index is 12.4. The van der Waals surface area contributed by atoms with Gasteiger partial charge in [-0.05, 0) is 42.1 Å². The Bertz CT molecular complexity index is 1090. The number of methoxy groups -OCH3 is 1. The molecule has 0 saturated heterocycles. The van der Waals surface area contributed by atoms with E-state index in [1.54, 1.807) is 50.4 Å². The van der Waals surface area contributed by atoms with Crippen molar-refractivity contribution in [2.45, 2.75) is 18.4 Å². The van der Waals surface area contributed by atoms with Gasteiger partial charge in [-0.2, -0.15) is 0 Å². The molecule has 0 aliphatic carbocycles. The van der Waals surface area contributed by atoms with E-state index in [1.165, 1.54) is 6.07 Å². The minimum atomic E-state index is -3.69. The van der Waals surface area contributed by atoms with Gasteiger partial charge in [0.1, 0.15) is 5.75 Å². The highest BCUT2D eigenvalue weighted by atomic mass is 32.2. The molecule has 1 heterocycles. The lowest BCUT2D eigenvalue weighted by atomic mass is 10.1. The molecule has 6 nitrogen and oxygen atoms in total. The van der Waals surface area contributed by atoms with Crippen LogP contribution in [0.2, 0.25) is 0 Å². The summed E-state index contributed by atoms with van der Waals surface area (Å²) in [6.45, 7) is 1.64. The van der Waals surface area contributed by atoms with Gasteiger partial charge in [-0.15, -0.1) is 0 Å². The summed E-state index contributed by atoms with van der Waals surface area (Å²) < 4.78 is 32.5. The Labute approximate surface area is 145 Å². The number of hydrogen-bond donors (Lipinski definition) is 2. The van der Waals surface area contributed by atoms with Gasteiger partial charge in [0.15, 0.2) is 0 Å². The molecule has 2 N–H and O–H groups in total. The highest BCUT2D eigenvalue weighted by Crippen LogP contribution is 2.19. The fourth-order valence-corrected chi connectivity index (χ4v) is 3.84. The largest absolute Gasteiger partial charge is 0.497 e. The van der Waals surface area contributed by atoms with Crippen LogP contribution in [0.4, 0.5) is 0 Å². The van der Waals surface area contributed by atoms with E-state index in [-0.39, 0.29) is 17.0 Å². The van der Waals surface area contributed by atoms with Crippen molar-refractivity contribution >= 4 is 20.9 Å². The predicted molar refractivity (Wildman–Crippen MR) is 96.3 cm³/mol. The number of aromatic amines is 1. The van der Waals surface area contributed by atoms with Gasteiger partial charge in [0.25, 0.3) is 5.56 Å². The van der Waals surface area contributed by atoms with Crippen LogP contribution in [0.25, 0.3) is 10.9 Å². The number of nitrogens with one attached hydrogen (secondary N) is 2. The van der Waals surface area contributed by atoms with Gasteiger partial charge < -0.3 is 9.72 Å². The maximum atomic E-state index is 12.4. The molecule has 0 aliphatic rings. The van der Waals surface area contributed by atoms with Crippen molar-refractivity contribution in [3.8, 4) is 5.75 Å². The van der Waals surface area contributed by atoms with Crippen LogP contribution in [0.5, 0.6) is 5.75 Å². The zero-order chi connectivity index (χ0) is 18.0. The fraction of sp³-hybridized carbons (Fsp3) is 0.167. The quantitative estimate of drug-likeness (QED) is 0.733. The van der Waals surface area contributed by atoms with Crippen LogP contribution in [0.3, 0.4) is 0 Å². The summed E-state index contributed by atoms with van der Waals surface area (Å²) in [7, 11) is -2.14. The van der Waals surface area contributed by atoms with E-state index in [4.69, 9.17) is 4.74 Å². The number of H-pyrrole nitrogens is 1. The van der Waals surface area contributed by atoms with Crippen molar-refractivity contribution in [1.29, 1.82) is 0 Å². The van der Waals surface area contributed by atoms with Gasteiger partial charge in [-0.25, -0.2) is 13.1 Å². The lowest BCUT2D eigenvalue weighted by Crippen LogP contribution is -2.27. The van der Waals surface area contributed by atoms with Gasteiger partial charge in [-0.1, -0.05) is 18.2 Å². The van der Waals surface area contributed by atoms with E-state index in [0.29, 0.717) is 22.4 Å². The number of fused-ring (bicyclic) bond motifs is 1. The average molecular weight is 358 g/mol. The number of ether oxygens (including phenoxy) is 1. The van der Waals surface area contributed by atoms with Crippen LogP contribution >= 0.6 is 0 Å². The number of sulfonamides is 1. The lowest BCUT2D eigenvalue weighted by Gasteiger charge is -2.09. The van der Waals surface area contributed by atoms with Crippen LogP contribution < -0.4 is 15.0 Å². The minimum Gasteiger partial charge on any atom is -0.497 e.